The Morgan fingerprint density at radius 1 is 0.773 bits per heavy atom. The summed E-state index contributed by atoms with van der Waals surface area (Å²) >= 11 is 0. The van der Waals surface area contributed by atoms with Crippen molar-refractivity contribution in [2.45, 2.75) is 151 Å². The van der Waals surface area contributed by atoms with E-state index in [4.69, 9.17) is 0 Å². The Hall–Kier alpha value is -2.16. The van der Waals surface area contributed by atoms with Crippen LogP contribution in [0, 0.1) is 23.7 Å². The van der Waals surface area contributed by atoms with Gasteiger partial charge in [0, 0.05) is 51.0 Å². The quantitative estimate of drug-likeness (QED) is 0.0718. The van der Waals surface area contributed by atoms with E-state index >= 15 is 0 Å². The third-order valence-electron chi connectivity index (χ3n) is 8.96. The van der Waals surface area contributed by atoms with Gasteiger partial charge in [-0.2, -0.15) is 0 Å². The molecule has 8 nitrogen and oxygen atoms in total. The molecule has 0 spiro atoms. The Morgan fingerprint density at radius 2 is 1.36 bits per heavy atom. The van der Waals surface area contributed by atoms with Crippen molar-refractivity contribution in [2.24, 2.45) is 23.7 Å². The van der Waals surface area contributed by atoms with Crippen LogP contribution in [0.15, 0.2) is 23.3 Å². The topological polar surface area (TPSA) is 141 Å². The first kappa shape index (κ1) is 41.8. The molecule has 7 atom stereocenters. The van der Waals surface area contributed by atoms with Crippen LogP contribution in [0.25, 0.3) is 0 Å². The minimum absolute atomic E-state index is 0.0997. The van der Waals surface area contributed by atoms with Crippen LogP contribution >= 0.6 is 0 Å². The Bertz CT molecular complexity index is 941. The lowest BCUT2D eigenvalue weighted by Crippen LogP contribution is -2.41. The molecule has 0 saturated carbocycles. The van der Waals surface area contributed by atoms with Crippen LogP contribution in [-0.2, 0) is 19.2 Å². The number of aliphatic hydroxyl groups excluding tert-OH is 3. The second kappa shape index (κ2) is 23.2. The molecule has 254 valence electrons. The van der Waals surface area contributed by atoms with E-state index < -0.39 is 30.1 Å². The van der Waals surface area contributed by atoms with Crippen molar-refractivity contribution in [3.05, 3.63) is 23.3 Å². The van der Waals surface area contributed by atoms with Gasteiger partial charge >= 0.3 is 0 Å². The number of amides is 1. The molecule has 0 aromatic carbocycles. The molecule has 0 bridgehead atoms. The number of carbonyl (C=O) groups is 4. The average Bonchev–Trinajstić information content (AvgIpc) is 2.98. The Balaban J connectivity index is 4.89. The zero-order valence-electron chi connectivity index (χ0n) is 28.9. The lowest BCUT2D eigenvalue weighted by molar-refractivity contribution is -0.136. The highest BCUT2D eigenvalue weighted by molar-refractivity contribution is 5.84. The number of ketones is 3. The third-order valence-corrected chi connectivity index (χ3v) is 8.96. The van der Waals surface area contributed by atoms with Crippen LogP contribution in [0.1, 0.15) is 132 Å². The fourth-order valence-corrected chi connectivity index (χ4v) is 5.81. The molecule has 4 N–H and O–H groups in total. The molecule has 44 heavy (non-hydrogen) atoms. The van der Waals surface area contributed by atoms with Crippen molar-refractivity contribution in [3.8, 4) is 0 Å². The molecule has 0 heterocycles. The van der Waals surface area contributed by atoms with E-state index in [2.05, 4.69) is 38.2 Å². The third kappa shape index (κ3) is 16.8. The molecule has 0 fully saturated rings. The number of allylic oxidation sites excluding steroid dienone is 4. The lowest BCUT2D eigenvalue weighted by atomic mass is 9.77. The molecule has 0 rings (SSSR count). The fraction of sp³-hybridized carbons (Fsp3) is 0.778. The smallest absolute Gasteiger partial charge is 0.216 e. The Morgan fingerprint density at radius 3 is 1.89 bits per heavy atom. The van der Waals surface area contributed by atoms with Gasteiger partial charge in [-0.3, -0.25) is 19.2 Å². The first-order valence-corrected chi connectivity index (χ1v) is 16.9. The zero-order chi connectivity index (χ0) is 33.8. The summed E-state index contributed by atoms with van der Waals surface area (Å²) in [4.78, 5) is 48.8. The van der Waals surface area contributed by atoms with Crippen LogP contribution < -0.4 is 5.32 Å². The van der Waals surface area contributed by atoms with E-state index in [1.807, 2.05) is 13.8 Å². The predicted octanol–water partition coefficient (Wildman–Crippen LogP) is 6.05. The van der Waals surface area contributed by atoms with Crippen LogP contribution in [0.3, 0.4) is 0 Å². The molecule has 8 heteroatoms. The molecule has 0 aliphatic heterocycles. The molecule has 0 radical (unpaired) electrons. The van der Waals surface area contributed by atoms with E-state index in [0.717, 1.165) is 32.1 Å². The van der Waals surface area contributed by atoms with Crippen molar-refractivity contribution >= 4 is 23.3 Å². The monoisotopic (exact) mass is 621 g/mol. The summed E-state index contributed by atoms with van der Waals surface area (Å²) in [6, 6.07) is 0. The molecular formula is C36H63NO7. The highest BCUT2D eigenvalue weighted by Crippen LogP contribution is 2.29. The van der Waals surface area contributed by atoms with E-state index in [-0.39, 0.29) is 60.8 Å². The van der Waals surface area contributed by atoms with Crippen LogP contribution in [0.5, 0.6) is 0 Å². The fourth-order valence-electron chi connectivity index (χ4n) is 5.81. The van der Waals surface area contributed by atoms with Crippen molar-refractivity contribution in [2.75, 3.05) is 6.54 Å². The summed E-state index contributed by atoms with van der Waals surface area (Å²) in [7, 11) is 0. The normalized spacial score (nSPS) is 17.2. The van der Waals surface area contributed by atoms with Crippen LogP contribution in [0.4, 0.5) is 0 Å². The Kier molecular flexibility index (Phi) is 22.1. The summed E-state index contributed by atoms with van der Waals surface area (Å²) < 4.78 is 0. The second-order valence-electron chi connectivity index (χ2n) is 12.7. The minimum atomic E-state index is -1.06. The number of carbonyl (C=O) groups excluding carboxylic acids is 4. The van der Waals surface area contributed by atoms with E-state index in [1.54, 1.807) is 13.8 Å². The van der Waals surface area contributed by atoms with Crippen molar-refractivity contribution in [1.82, 2.24) is 5.32 Å². The first-order valence-electron chi connectivity index (χ1n) is 16.9. The SMILES string of the molecule is CC=C(CC)CCC=C(CC)CC(C)C(O)C(CC)C(=O)C(C)C(O)C(C)CCC(=O)CC(O)CC(=O)CCCNC(C)=O. The molecule has 0 saturated heterocycles. The second-order valence-corrected chi connectivity index (χ2v) is 12.7. The lowest BCUT2D eigenvalue weighted by Gasteiger charge is -2.31. The van der Waals surface area contributed by atoms with Crippen LogP contribution in [0.2, 0.25) is 0 Å². The molecule has 0 aromatic heterocycles. The van der Waals surface area contributed by atoms with Gasteiger partial charge in [0.15, 0.2) is 0 Å². The molecular weight excluding hydrogens is 558 g/mol. The van der Waals surface area contributed by atoms with Gasteiger partial charge in [-0.25, -0.2) is 0 Å². The first-order chi connectivity index (χ1) is 20.7. The van der Waals surface area contributed by atoms with E-state index in [0.29, 0.717) is 25.8 Å². The maximum absolute atomic E-state index is 13.5. The molecule has 7 unspecified atom stereocenters. The van der Waals surface area contributed by atoms with Gasteiger partial charge in [0.1, 0.15) is 17.3 Å². The van der Waals surface area contributed by atoms with Gasteiger partial charge < -0.3 is 20.6 Å². The summed E-state index contributed by atoms with van der Waals surface area (Å²) in [5.41, 5.74) is 2.72. The number of aliphatic hydroxyl groups is 3. The summed E-state index contributed by atoms with van der Waals surface area (Å²) in [5, 5.41) is 35.0. The maximum Gasteiger partial charge on any atom is 0.216 e. The summed E-state index contributed by atoms with van der Waals surface area (Å²) in [5.74, 6) is -2.39. The zero-order valence-corrected chi connectivity index (χ0v) is 28.9. The predicted molar refractivity (Wildman–Crippen MR) is 177 cm³/mol. The highest BCUT2D eigenvalue weighted by atomic mass is 16.3. The minimum Gasteiger partial charge on any atom is -0.392 e. The van der Waals surface area contributed by atoms with Crippen molar-refractivity contribution in [1.29, 1.82) is 0 Å². The van der Waals surface area contributed by atoms with Crippen molar-refractivity contribution in [3.63, 3.8) is 0 Å². The van der Waals surface area contributed by atoms with Gasteiger partial charge in [-0.1, -0.05) is 64.8 Å². The number of rotatable bonds is 25. The van der Waals surface area contributed by atoms with E-state index in [1.165, 1.54) is 18.1 Å². The number of hydrogen-bond acceptors (Lipinski definition) is 7. The number of Topliss-reactive ketones (excluding diaryl/α,β-unsaturated/α-hetero) is 3. The van der Waals surface area contributed by atoms with Gasteiger partial charge in [0.05, 0.1) is 18.3 Å². The van der Waals surface area contributed by atoms with Gasteiger partial charge in [0.2, 0.25) is 5.91 Å². The van der Waals surface area contributed by atoms with Gasteiger partial charge in [-0.05, 0) is 70.1 Å². The molecule has 0 aliphatic carbocycles. The van der Waals surface area contributed by atoms with Gasteiger partial charge in [0.25, 0.3) is 0 Å². The standard InChI is InChI=1S/C36H63NO7/c1-9-28(10-2)15-13-16-29(11-3)21-25(6)35(43)33(12-4)36(44)26(7)34(42)24(5)18-19-31(40)23-32(41)22-30(39)17-14-20-37-27(8)38/h9,16,24-26,32-35,41-43H,10-15,17-23H2,1-8H3,(H,37,38). The highest BCUT2D eigenvalue weighted by Gasteiger charge is 2.36. The van der Waals surface area contributed by atoms with Gasteiger partial charge in [-0.15, -0.1) is 0 Å². The summed E-state index contributed by atoms with van der Waals surface area (Å²) in [6.45, 7) is 15.5. The number of hydrogen-bond donors (Lipinski definition) is 4. The maximum atomic E-state index is 13.5. The molecule has 0 aromatic rings. The number of nitrogens with one attached hydrogen (secondary N) is 1. The molecule has 0 aliphatic rings. The average molecular weight is 622 g/mol. The van der Waals surface area contributed by atoms with E-state index in [9.17, 15) is 34.5 Å². The largest absolute Gasteiger partial charge is 0.392 e. The molecule has 1 amide bonds. The van der Waals surface area contributed by atoms with Crippen molar-refractivity contribution < 1.29 is 34.5 Å². The van der Waals surface area contributed by atoms with Crippen LogP contribution in [-0.4, -0.2) is 63.4 Å². The Labute approximate surface area is 267 Å². The summed E-state index contributed by atoms with van der Waals surface area (Å²) in [6.07, 6.45) is 7.69.